The van der Waals surface area contributed by atoms with Crippen molar-refractivity contribution < 1.29 is 8.91 Å². The molecule has 0 aliphatic rings. The van der Waals surface area contributed by atoms with E-state index in [2.05, 4.69) is 10.1 Å². The van der Waals surface area contributed by atoms with Crippen LogP contribution in [0.3, 0.4) is 0 Å². The predicted molar refractivity (Wildman–Crippen MR) is 79.4 cm³/mol. The number of hydrogen-bond acceptors (Lipinski definition) is 4. The number of aromatic nitrogens is 2. The van der Waals surface area contributed by atoms with Crippen LogP contribution in [0.25, 0.3) is 11.4 Å². The van der Waals surface area contributed by atoms with E-state index in [9.17, 15) is 4.39 Å². The van der Waals surface area contributed by atoms with E-state index in [1.807, 2.05) is 30.3 Å². The smallest absolute Gasteiger partial charge is 0.248 e. The van der Waals surface area contributed by atoms with Crippen molar-refractivity contribution in [3.63, 3.8) is 0 Å². The van der Waals surface area contributed by atoms with Gasteiger partial charge in [0.15, 0.2) is 0 Å². The predicted octanol–water partition coefficient (Wildman–Crippen LogP) is 3.35. The number of rotatable bonds is 3. The fraction of sp³-hybridized carbons (Fsp3) is 0.0667. The Labute approximate surface area is 127 Å². The summed E-state index contributed by atoms with van der Waals surface area (Å²) in [5, 5.41) is 3.84. The summed E-state index contributed by atoms with van der Waals surface area (Å²) in [5.74, 6) is 0.280. The van der Waals surface area contributed by atoms with Gasteiger partial charge < -0.3 is 10.3 Å². The van der Waals surface area contributed by atoms with Gasteiger partial charge >= 0.3 is 0 Å². The van der Waals surface area contributed by atoms with Crippen LogP contribution in [0.5, 0.6) is 0 Å². The Bertz CT molecular complexity index is 718. The van der Waals surface area contributed by atoms with Gasteiger partial charge in [0.1, 0.15) is 11.9 Å². The molecule has 108 valence electrons. The molecule has 6 heteroatoms. The second-order valence-corrected chi connectivity index (χ2v) is 4.35. The van der Waals surface area contributed by atoms with Crippen molar-refractivity contribution in [2.45, 2.75) is 6.04 Å². The van der Waals surface area contributed by atoms with E-state index < -0.39 is 6.04 Å². The fourth-order valence-electron chi connectivity index (χ4n) is 1.91. The van der Waals surface area contributed by atoms with E-state index >= 15 is 0 Å². The Morgan fingerprint density at radius 2 is 1.81 bits per heavy atom. The molecule has 3 aromatic rings. The molecule has 1 atom stereocenters. The zero-order chi connectivity index (χ0) is 13.9. The molecule has 1 heterocycles. The first-order valence-corrected chi connectivity index (χ1v) is 6.14. The molecular weight excluding hydrogens is 293 g/mol. The highest BCUT2D eigenvalue weighted by molar-refractivity contribution is 5.85. The molecule has 0 fully saturated rings. The molecule has 1 unspecified atom stereocenters. The van der Waals surface area contributed by atoms with Gasteiger partial charge in [-0.25, -0.2) is 4.39 Å². The van der Waals surface area contributed by atoms with Crippen molar-refractivity contribution in [2.24, 2.45) is 5.73 Å². The maximum Gasteiger partial charge on any atom is 0.248 e. The van der Waals surface area contributed by atoms with E-state index in [0.717, 1.165) is 5.56 Å². The minimum atomic E-state index is -0.494. The van der Waals surface area contributed by atoms with Crippen LogP contribution in [0, 0.1) is 5.82 Å². The molecule has 2 aromatic carbocycles. The Morgan fingerprint density at radius 3 is 2.52 bits per heavy atom. The van der Waals surface area contributed by atoms with Gasteiger partial charge in [0, 0.05) is 5.56 Å². The Balaban J connectivity index is 0.00000161. The molecule has 3 rings (SSSR count). The van der Waals surface area contributed by atoms with Gasteiger partial charge in [0.05, 0.1) is 0 Å². The SMILES string of the molecule is Cl.NC(c1ccccc1)c1nc(-c2cccc(F)c2)no1. The van der Waals surface area contributed by atoms with E-state index in [0.29, 0.717) is 17.3 Å². The summed E-state index contributed by atoms with van der Waals surface area (Å²) in [6.07, 6.45) is 0. The summed E-state index contributed by atoms with van der Waals surface area (Å²) in [6.45, 7) is 0. The maximum absolute atomic E-state index is 13.2. The van der Waals surface area contributed by atoms with Crippen molar-refractivity contribution in [1.82, 2.24) is 10.1 Å². The first-order chi connectivity index (χ1) is 9.74. The zero-order valence-corrected chi connectivity index (χ0v) is 11.8. The molecule has 4 nitrogen and oxygen atoms in total. The monoisotopic (exact) mass is 305 g/mol. The van der Waals surface area contributed by atoms with Gasteiger partial charge in [-0.2, -0.15) is 4.98 Å². The topological polar surface area (TPSA) is 64.9 Å². The molecule has 0 spiro atoms. The average Bonchev–Trinajstić information content (AvgIpc) is 2.97. The van der Waals surface area contributed by atoms with Crippen LogP contribution in [0.15, 0.2) is 59.1 Å². The lowest BCUT2D eigenvalue weighted by atomic mass is 10.1. The first kappa shape index (κ1) is 15.2. The van der Waals surface area contributed by atoms with Gasteiger partial charge in [-0.3, -0.25) is 0 Å². The van der Waals surface area contributed by atoms with Gasteiger partial charge in [-0.1, -0.05) is 47.6 Å². The van der Waals surface area contributed by atoms with Crippen LogP contribution in [-0.4, -0.2) is 10.1 Å². The van der Waals surface area contributed by atoms with E-state index in [1.54, 1.807) is 12.1 Å². The number of hydrogen-bond donors (Lipinski definition) is 1. The average molecular weight is 306 g/mol. The van der Waals surface area contributed by atoms with Crippen LogP contribution in [0.2, 0.25) is 0 Å². The Hall–Kier alpha value is -2.24. The maximum atomic E-state index is 13.2. The van der Waals surface area contributed by atoms with E-state index in [4.69, 9.17) is 10.3 Å². The standard InChI is InChI=1S/C15H12FN3O.ClH/c16-12-8-4-7-11(9-12)14-18-15(20-19-14)13(17)10-5-2-1-3-6-10;/h1-9,13H,17H2;1H. The molecule has 0 amide bonds. The third kappa shape index (κ3) is 3.26. The van der Waals surface area contributed by atoms with Gasteiger partial charge in [0.2, 0.25) is 11.7 Å². The summed E-state index contributed by atoms with van der Waals surface area (Å²) >= 11 is 0. The molecule has 0 aliphatic carbocycles. The molecule has 0 bridgehead atoms. The summed E-state index contributed by atoms with van der Waals surface area (Å²) in [6, 6.07) is 15.0. The molecule has 0 aliphatic heterocycles. The van der Waals surface area contributed by atoms with Crippen molar-refractivity contribution in [1.29, 1.82) is 0 Å². The summed E-state index contributed by atoms with van der Waals surface area (Å²) in [7, 11) is 0. The van der Waals surface area contributed by atoms with Crippen LogP contribution in [-0.2, 0) is 0 Å². The largest absolute Gasteiger partial charge is 0.337 e. The van der Waals surface area contributed by atoms with Gasteiger partial charge in [-0.05, 0) is 17.7 Å². The quantitative estimate of drug-likeness (QED) is 0.806. The number of nitrogens with two attached hydrogens (primary N) is 1. The molecule has 0 saturated carbocycles. The normalized spacial score (nSPS) is 11.7. The van der Waals surface area contributed by atoms with Crippen LogP contribution < -0.4 is 5.73 Å². The molecule has 0 saturated heterocycles. The van der Waals surface area contributed by atoms with Crippen molar-refractivity contribution in [2.75, 3.05) is 0 Å². The Morgan fingerprint density at radius 1 is 1.05 bits per heavy atom. The second-order valence-electron chi connectivity index (χ2n) is 4.35. The number of halogens is 2. The minimum Gasteiger partial charge on any atom is -0.337 e. The second kappa shape index (κ2) is 6.47. The van der Waals surface area contributed by atoms with Crippen molar-refractivity contribution in [3.05, 3.63) is 71.9 Å². The lowest BCUT2D eigenvalue weighted by molar-refractivity contribution is 0.367. The fourth-order valence-corrected chi connectivity index (χ4v) is 1.91. The number of nitrogens with zero attached hydrogens (tertiary/aromatic N) is 2. The van der Waals surface area contributed by atoms with Crippen LogP contribution in [0.1, 0.15) is 17.5 Å². The van der Waals surface area contributed by atoms with Gasteiger partial charge in [0.25, 0.3) is 0 Å². The van der Waals surface area contributed by atoms with Crippen molar-refractivity contribution in [3.8, 4) is 11.4 Å². The van der Waals surface area contributed by atoms with E-state index in [-0.39, 0.29) is 18.2 Å². The highest BCUT2D eigenvalue weighted by atomic mass is 35.5. The molecule has 0 radical (unpaired) electrons. The molecular formula is C15H13ClFN3O. The first-order valence-electron chi connectivity index (χ1n) is 6.14. The zero-order valence-electron chi connectivity index (χ0n) is 10.9. The Kier molecular flexibility index (Phi) is 4.67. The molecule has 21 heavy (non-hydrogen) atoms. The summed E-state index contributed by atoms with van der Waals surface area (Å²) < 4.78 is 18.3. The van der Waals surface area contributed by atoms with Crippen LogP contribution >= 0.6 is 12.4 Å². The highest BCUT2D eigenvalue weighted by Gasteiger charge is 2.17. The molecule has 2 N–H and O–H groups in total. The lowest BCUT2D eigenvalue weighted by Crippen LogP contribution is -2.11. The van der Waals surface area contributed by atoms with Crippen molar-refractivity contribution >= 4 is 12.4 Å². The number of benzene rings is 2. The minimum absolute atomic E-state index is 0. The third-order valence-electron chi connectivity index (χ3n) is 2.95. The summed E-state index contributed by atoms with van der Waals surface area (Å²) in [4.78, 5) is 4.23. The van der Waals surface area contributed by atoms with Crippen LogP contribution in [0.4, 0.5) is 4.39 Å². The molecule has 1 aromatic heterocycles. The highest BCUT2D eigenvalue weighted by Crippen LogP contribution is 2.22. The summed E-state index contributed by atoms with van der Waals surface area (Å²) in [5.41, 5.74) is 7.50. The third-order valence-corrected chi connectivity index (χ3v) is 2.95. The van der Waals surface area contributed by atoms with E-state index in [1.165, 1.54) is 12.1 Å². The lowest BCUT2D eigenvalue weighted by Gasteiger charge is -2.05. The van der Waals surface area contributed by atoms with Gasteiger partial charge in [-0.15, -0.1) is 12.4 Å².